The van der Waals surface area contributed by atoms with E-state index in [4.69, 9.17) is 0 Å². The molecule has 1 N–H and O–H groups in total. The van der Waals surface area contributed by atoms with E-state index in [9.17, 15) is 4.79 Å². The highest BCUT2D eigenvalue weighted by molar-refractivity contribution is 7.14. The number of aromatic nitrogens is 2. The van der Waals surface area contributed by atoms with E-state index in [1.807, 2.05) is 12.1 Å². The van der Waals surface area contributed by atoms with Crippen LogP contribution in [0.3, 0.4) is 0 Å². The van der Waals surface area contributed by atoms with Crippen LogP contribution in [0, 0.1) is 6.92 Å². The van der Waals surface area contributed by atoms with Crippen LogP contribution in [-0.2, 0) is 6.42 Å². The Morgan fingerprint density at radius 3 is 2.65 bits per heavy atom. The normalized spacial score (nSPS) is 15.7. The van der Waals surface area contributed by atoms with Crippen LogP contribution in [-0.4, -0.2) is 35.0 Å². The topological polar surface area (TPSA) is 58.1 Å². The second-order valence-electron chi connectivity index (χ2n) is 5.85. The predicted molar refractivity (Wildman–Crippen MR) is 93.2 cm³/mol. The summed E-state index contributed by atoms with van der Waals surface area (Å²) in [5.74, 6) is 0.839. The minimum absolute atomic E-state index is 0.0622. The number of aryl methyl sites for hydroxylation is 2. The van der Waals surface area contributed by atoms with E-state index in [1.165, 1.54) is 10.4 Å². The monoisotopic (exact) mass is 330 g/mol. The molecule has 122 valence electrons. The van der Waals surface area contributed by atoms with Crippen LogP contribution < -0.4 is 10.2 Å². The van der Waals surface area contributed by atoms with E-state index in [1.54, 1.807) is 23.7 Å². The highest BCUT2D eigenvalue weighted by Crippen LogP contribution is 2.23. The summed E-state index contributed by atoms with van der Waals surface area (Å²) < 4.78 is 0. The molecule has 0 spiro atoms. The SMILES string of the molecule is CCc1sc(C(=O)NC2CCN(c3ncccn3)CC2)cc1C. The predicted octanol–water partition coefficient (Wildman–Crippen LogP) is 2.81. The van der Waals surface area contributed by atoms with Gasteiger partial charge in [-0.05, 0) is 43.9 Å². The number of anilines is 1. The van der Waals surface area contributed by atoms with Crippen LogP contribution in [0.2, 0.25) is 0 Å². The van der Waals surface area contributed by atoms with Gasteiger partial charge >= 0.3 is 0 Å². The molecule has 0 radical (unpaired) electrons. The van der Waals surface area contributed by atoms with Crippen molar-refractivity contribution in [3.8, 4) is 0 Å². The van der Waals surface area contributed by atoms with Crippen molar-refractivity contribution >= 4 is 23.2 Å². The summed E-state index contributed by atoms with van der Waals surface area (Å²) in [6.45, 7) is 5.95. The zero-order valence-corrected chi connectivity index (χ0v) is 14.4. The molecule has 1 fully saturated rings. The third-order valence-corrected chi connectivity index (χ3v) is 5.61. The van der Waals surface area contributed by atoms with Gasteiger partial charge in [0.1, 0.15) is 0 Å². The number of nitrogens with zero attached hydrogens (tertiary/aromatic N) is 3. The van der Waals surface area contributed by atoms with Crippen LogP contribution in [0.25, 0.3) is 0 Å². The fraction of sp³-hybridized carbons (Fsp3) is 0.471. The number of nitrogens with one attached hydrogen (secondary N) is 1. The first-order valence-corrected chi connectivity index (χ1v) is 8.91. The molecule has 1 aliphatic heterocycles. The van der Waals surface area contributed by atoms with Gasteiger partial charge in [0, 0.05) is 36.4 Å². The first-order valence-electron chi connectivity index (χ1n) is 8.09. The standard InChI is InChI=1S/C17H22N4OS/c1-3-14-12(2)11-15(23-14)16(22)20-13-5-9-21(10-6-13)17-18-7-4-8-19-17/h4,7-8,11,13H,3,5-6,9-10H2,1-2H3,(H,20,22). The van der Waals surface area contributed by atoms with Gasteiger partial charge in [-0.2, -0.15) is 0 Å². The summed E-state index contributed by atoms with van der Waals surface area (Å²) in [4.78, 5) is 25.3. The molecule has 3 rings (SSSR count). The van der Waals surface area contributed by atoms with Gasteiger partial charge in [-0.1, -0.05) is 6.92 Å². The average Bonchev–Trinajstić information content (AvgIpc) is 2.97. The maximum absolute atomic E-state index is 12.4. The highest BCUT2D eigenvalue weighted by atomic mass is 32.1. The van der Waals surface area contributed by atoms with Gasteiger partial charge in [-0.3, -0.25) is 4.79 Å². The van der Waals surface area contributed by atoms with Gasteiger partial charge in [0.05, 0.1) is 4.88 Å². The van der Waals surface area contributed by atoms with Crippen LogP contribution in [0.5, 0.6) is 0 Å². The van der Waals surface area contributed by atoms with E-state index >= 15 is 0 Å². The minimum atomic E-state index is 0.0622. The Balaban J connectivity index is 1.55. The number of hydrogen-bond donors (Lipinski definition) is 1. The lowest BCUT2D eigenvalue weighted by Gasteiger charge is -2.32. The van der Waals surface area contributed by atoms with E-state index in [-0.39, 0.29) is 11.9 Å². The molecule has 1 saturated heterocycles. The molecule has 3 heterocycles. The molecule has 0 aromatic carbocycles. The Hall–Kier alpha value is -1.95. The van der Waals surface area contributed by atoms with Crippen molar-refractivity contribution in [3.05, 3.63) is 39.8 Å². The van der Waals surface area contributed by atoms with Crippen LogP contribution in [0.4, 0.5) is 5.95 Å². The highest BCUT2D eigenvalue weighted by Gasteiger charge is 2.23. The van der Waals surface area contributed by atoms with Crippen LogP contribution in [0.1, 0.15) is 39.9 Å². The lowest BCUT2D eigenvalue weighted by Crippen LogP contribution is -2.45. The zero-order chi connectivity index (χ0) is 16.2. The van der Waals surface area contributed by atoms with Gasteiger partial charge < -0.3 is 10.2 Å². The zero-order valence-electron chi connectivity index (χ0n) is 13.6. The Labute approximate surface area is 140 Å². The largest absolute Gasteiger partial charge is 0.348 e. The number of hydrogen-bond acceptors (Lipinski definition) is 5. The fourth-order valence-electron chi connectivity index (χ4n) is 2.92. The molecule has 6 heteroatoms. The van der Waals surface area contributed by atoms with E-state index < -0.39 is 0 Å². The molecular weight excluding hydrogens is 308 g/mol. The van der Waals surface area contributed by atoms with Crippen LogP contribution in [0.15, 0.2) is 24.5 Å². The van der Waals surface area contributed by atoms with Crippen molar-refractivity contribution in [1.29, 1.82) is 0 Å². The number of rotatable bonds is 4. The summed E-state index contributed by atoms with van der Waals surface area (Å²) in [6.07, 6.45) is 6.37. The first-order chi connectivity index (χ1) is 11.2. The van der Waals surface area contributed by atoms with Crippen molar-refractivity contribution in [1.82, 2.24) is 15.3 Å². The van der Waals surface area contributed by atoms with Crippen LogP contribution >= 0.6 is 11.3 Å². The second kappa shape index (κ2) is 7.08. The minimum Gasteiger partial charge on any atom is -0.348 e. The maximum atomic E-state index is 12.4. The third kappa shape index (κ3) is 3.69. The lowest BCUT2D eigenvalue weighted by molar-refractivity contribution is 0.0935. The summed E-state index contributed by atoms with van der Waals surface area (Å²) in [5, 5.41) is 3.18. The van der Waals surface area contributed by atoms with Gasteiger partial charge in [-0.25, -0.2) is 9.97 Å². The average molecular weight is 330 g/mol. The molecule has 2 aromatic heterocycles. The van der Waals surface area contributed by atoms with E-state index in [2.05, 4.69) is 34.0 Å². The fourth-order valence-corrected chi connectivity index (χ4v) is 3.93. The van der Waals surface area contributed by atoms with Crippen molar-refractivity contribution in [2.45, 2.75) is 39.2 Å². The quantitative estimate of drug-likeness (QED) is 0.936. The Morgan fingerprint density at radius 2 is 2.04 bits per heavy atom. The molecule has 0 aliphatic carbocycles. The van der Waals surface area contributed by atoms with Gasteiger partial charge in [0.25, 0.3) is 5.91 Å². The Morgan fingerprint density at radius 1 is 1.35 bits per heavy atom. The molecule has 1 amide bonds. The van der Waals surface area contributed by atoms with Crippen molar-refractivity contribution in [2.24, 2.45) is 0 Å². The molecule has 0 atom stereocenters. The molecule has 23 heavy (non-hydrogen) atoms. The van der Waals surface area contributed by atoms with Crippen molar-refractivity contribution < 1.29 is 4.79 Å². The maximum Gasteiger partial charge on any atom is 0.261 e. The number of carbonyl (C=O) groups excluding carboxylic acids is 1. The molecule has 0 saturated carbocycles. The third-order valence-electron chi connectivity index (χ3n) is 4.23. The Bertz CT molecular complexity index is 662. The molecule has 0 unspecified atom stereocenters. The summed E-state index contributed by atoms with van der Waals surface area (Å²) in [5.41, 5.74) is 1.22. The Kier molecular flexibility index (Phi) is 4.91. The summed E-state index contributed by atoms with van der Waals surface area (Å²) in [7, 11) is 0. The number of carbonyl (C=O) groups is 1. The number of piperidine rings is 1. The van der Waals surface area contributed by atoms with E-state index in [0.717, 1.165) is 43.2 Å². The van der Waals surface area contributed by atoms with Gasteiger partial charge in [0.15, 0.2) is 0 Å². The molecular formula is C17H22N4OS. The number of thiophene rings is 1. The molecule has 0 bridgehead atoms. The van der Waals surface area contributed by atoms with Crippen molar-refractivity contribution in [2.75, 3.05) is 18.0 Å². The van der Waals surface area contributed by atoms with E-state index in [0.29, 0.717) is 0 Å². The second-order valence-corrected chi connectivity index (χ2v) is 6.99. The van der Waals surface area contributed by atoms with Crippen molar-refractivity contribution in [3.63, 3.8) is 0 Å². The molecule has 2 aromatic rings. The first kappa shape index (κ1) is 15.9. The molecule has 1 aliphatic rings. The van der Waals surface area contributed by atoms with Gasteiger partial charge in [-0.15, -0.1) is 11.3 Å². The summed E-state index contributed by atoms with van der Waals surface area (Å²) in [6, 6.07) is 4.06. The smallest absolute Gasteiger partial charge is 0.261 e. The molecule has 5 nitrogen and oxygen atoms in total. The number of amides is 1. The summed E-state index contributed by atoms with van der Waals surface area (Å²) >= 11 is 1.61. The van der Waals surface area contributed by atoms with Gasteiger partial charge in [0.2, 0.25) is 5.95 Å². The lowest BCUT2D eigenvalue weighted by atomic mass is 10.1.